The molecule has 1 fully saturated rings. The smallest absolute Gasteiger partial charge is 0.270 e. The third-order valence-corrected chi connectivity index (χ3v) is 3.28. The molecule has 8 nitrogen and oxygen atoms in total. The van der Waals surface area contributed by atoms with Gasteiger partial charge in [-0.1, -0.05) is 11.6 Å². The molecule has 1 heterocycles. The number of hydrogen-bond acceptors (Lipinski definition) is 5. The standard InChI is InChI=1S/C12H10ClN3O5/c13-8-2-1-6(16(20)21)5-7(8)11(18)14-9-3-4-10(17)15-12(9)19/h1-2,5,9H,3-4H2,(H,14,18)(H,15,17,19). The van der Waals surface area contributed by atoms with Crippen LogP contribution in [-0.4, -0.2) is 28.7 Å². The van der Waals surface area contributed by atoms with Gasteiger partial charge in [-0.15, -0.1) is 0 Å². The molecule has 0 spiro atoms. The van der Waals surface area contributed by atoms with Crippen LogP contribution in [0.15, 0.2) is 18.2 Å². The molecule has 1 saturated heterocycles. The fourth-order valence-electron chi connectivity index (χ4n) is 1.87. The lowest BCUT2D eigenvalue weighted by atomic mass is 10.1. The molecule has 1 aromatic carbocycles. The summed E-state index contributed by atoms with van der Waals surface area (Å²) in [6.07, 6.45) is 0.280. The van der Waals surface area contributed by atoms with Gasteiger partial charge in [-0.3, -0.25) is 29.8 Å². The minimum absolute atomic E-state index is 0.0328. The number of nitro benzene ring substituents is 1. The summed E-state index contributed by atoms with van der Waals surface area (Å²) in [5, 5.41) is 15.2. The van der Waals surface area contributed by atoms with Crippen LogP contribution in [0, 0.1) is 10.1 Å². The highest BCUT2D eigenvalue weighted by Crippen LogP contribution is 2.22. The van der Waals surface area contributed by atoms with E-state index in [2.05, 4.69) is 10.6 Å². The Bertz CT molecular complexity index is 646. The Morgan fingerprint density at radius 3 is 2.76 bits per heavy atom. The Morgan fingerprint density at radius 2 is 2.14 bits per heavy atom. The number of hydrogen-bond donors (Lipinski definition) is 2. The molecule has 0 saturated carbocycles. The minimum Gasteiger partial charge on any atom is -0.340 e. The fraction of sp³-hybridized carbons (Fsp3) is 0.250. The van der Waals surface area contributed by atoms with E-state index in [-0.39, 0.29) is 29.1 Å². The number of piperidine rings is 1. The number of nitrogens with zero attached hydrogens (tertiary/aromatic N) is 1. The van der Waals surface area contributed by atoms with Crippen LogP contribution in [0.25, 0.3) is 0 Å². The summed E-state index contributed by atoms with van der Waals surface area (Å²) in [7, 11) is 0. The first kappa shape index (κ1) is 14.9. The van der Waals surface area contributed by atoms with Crippen molar-refractivity contribution in [2.45, 2.75) is 18.9 Å². The van der Waals surface area contributed by atoms with Crippen LogP contribution < -0.4 is 10.6 Å². The second kappa shape index (κ2) is 5.88. The topological polar surface area (TPSA) is 118 Å². The summed E-state index contributed by atoms with van der Waals surface area (Å²) in [6, 6.07) is 2.57. The Hall–Kier alpha value is -2.48. The maximum absolute atomic E-state index is 12.1. The number of amides is 3. The van der Waals surface area contributed by atoms with Gasteiger partial charge in [0, 0.05) is 18.6 Å². The molecule has 1 aromatic rings. The lowest BCUT2D eigenvalue weighted by Crippen LogP contribution is -2.52. The number of nitro groups is 1. The van der Waals surface area contributed by atoms with E-state index in [1.54, 1.807) is 0 Å². The first-order chi connectivity index (χ1) is 9.88. The minimum atomic E-state index is -0.870. The molecule has 0 aromatic heterocycles. The zero-order valence-corrected chi connectivity index (χ0v) is 11.3. The Labute approximate surface area is 123 Å². The Balaban J connectivity index is 2.17. The molecule has 1 aliphatic heterocycles. The summed E-state index contributed by atoms with van der Waals surface area (Å²) >= 11 is 5.83. The van der Waals surface area contributed by atoms with E-state index in [1.807, 2.05) is 0 Å². The van der Waals surface area contributed by atoms with Crippen LogP contribution in [0.5, 0.6) is 0 Å². The molecule has 2 rings (SSSR count). The number of rotatable bonds is 3. The zero-order valence-electron chi connectivity index (χ0n) is 10.6. The lowest BCUT2D eigenvalue weighted by Gasteiger charge is -2.21. The average Bonchev–Trinajstić information content (AvgIpc) is 2.42. The molecule has 1 aliphatic rings. The number of imide groups is 1. The average molecular weight is 312 g/mol. The van der Waals surface area contributed by atoms with Crippen LogP contribution in [0.2, 0.25) is 5.02 Å². The highest BCUT2D eigenvalue weighted by atomic mass is 35.5. The predicted molar refractivity (Wildman–Crippen MR) is 71.7 cm³/mol. The molecule has 21 heavy (non-hydrogen) atoms. The van der Waals surface area contributed by atoms with E-state index in [0.29, 0.717) is 0 Å². The van der Waals surface area contributed by atoms with Crippen molar-refractivity contribution in [2.75, 3.05) is 0 Å². The molecule has 2 N–H and O–H groups in total. The van der Waals surface area contributed by atoms with Gasteiger partial charge in [-0.2, -0.15) is 0 Å². The zero-order chi connectivity index (χ0) is 15.6. The van der Waals surface area contributed by atoms with Gasteiger partial charge in [0.2, 0.25) is 11.8 Å². The summed E-state index contributed by atoms with van der Waals surface area (Å²) in [5.41, 5.74) is -0.386. The monoisotopic (exact) mass is 311 g/mol. The molecule has 0 aliphatic carbocycles. The van der Waals surface area contributed by atoms with Crippen molar-refractivity contribution >= 4 is 35.0 Å². The van der Waals surface area contributed by atoms with Crippen LogP contribution in [0.4, 0.5) is 5.69 Å². The van der Waals surface area contributed by atoms with Gasteiger partial charge in [-0.05, 0) is 12.5 Å². The predicted octanol–water partition coefficient (Wildman–Crippen LogP) is 0.783. The normalized spacial score (nSPS) is 18.0. The van der Waals surface area contributed by atoms with Crippen molar-refractivity contribution < 1.29 is 19.3 Å². The van der Waals surface area contributed by atoms with E-state index < -0.39 is 28.7 Å². The molecule has 1 atom stereocenters. The summed E-state index contributed by atoms with van der Waals surface area (Å²) in [6.45, 7) is 0. The number of carbonyl (C=O) groups excluding carboxylic acids is 3. The molecular formula is C12H10ClN3O5. The van der Waals surface area contributed by atoms with Gasteiger partial charge in [0.1, 0.15) is 6.04 Å². The third-order valence-electron chi connectivity index (χ3n) is 2.95. The molecule has 0 radical (unpaired) electrons. The summed E-state index contributed by atoms with van der Waals surface area (Å²) in [5.74, 6) is -1.72. The fourth-order valence-corrected chi connectivity index (χ4v) is 2.07. The van der Waals surface area contributed by atoms with E-state index in [0.717, 1.165) is 6.07 Å². The van der Waals surface area contributed by atoms with Crippen molar-refractivity contribution in [2.24, 2.45) is 0 Å². The molecular weight excluding hydrogens is 302 g/mol. The SMILES string of the molecule is O=C1CCC(NC(=O)c2cc([N+](=O)[O-])ccc2Cl)C(=O)N1. The Kier molecular flexibility index (Phi) is 4.18. The summed E-state index contributed by atoms with van der Waals surface area (Å²) in [4.78, 5) is 44.6. The first-order valence-electron chi connectivity index (χ1n) is 5.97. The van der Waals surface area contributed by atoms with Gasteiger partial charge >= 0.3 is 0 Å². The second-order valence-corrected chi connectivity index (χ2v) is 4.81. The maximum atomic E-state index is 12.1. The number of halogens is 1. The van der Waals surface area contributed by atoms with Crippen molar-refractivity contribution in [3.63, 3.8) is 0 Å². The molecule has 110 valence electrons. The third kappa shape index (κ3) is 3.34. The van der Waals surface area contributed by atoms with Crippen molar-refractivity contribution in [3.8, 4) is 0 Å². The van der Waals surface area contributed by atoms with Crippen LogP contribution in [0.3, 0.4) is 0 Å². The van der Waals surface area contributed by atoms with Gasteiger partial charge < -0.3 is 5.32 Å². The number of non-ortho nitro benzene ring substituents is 1. The van der Waals surface area contributed by atoms with E-state index in [1.165, 1.54) is 12.1 Å². The van der Waals surface area contributed by atoms with Crippen LogP contribution in [-0.2, 0) is 9.59 Å². The van der Waals surface area contributed by atoms with Gasteiger partial charge in [-0.25, -0.2) is 0 Å². The second-order valence-electron chi connectivity index (χ2n) is 4.40. The highest BCUT2D eigenvalue weighted by molar-refractivity contribution is 6.34. The lowest BCUT2D eigenvalue weighted by molar-refractivity contribution is -0.384. The van der Waals surface area contributed by atoms with Gasteiger partial charge in [0.05, 0.1) is 15.5 Å². The molecule has 9 heteroatoms. The maximum Gasteiger partial charge on any atom is 0.270 e. The number of benzene rings is 1. The largest absolute Gasteiger partial charge is 0.340 e. The molecule has 3 amide bonds. The van der Waals surface area contributed by atoms with E-state index in [4.69, 9.17) is 11.6 Å². The summed E-state index contributed by atoms with van der Waals surface area (Å²) < 4.78 is 0. The number of nitrogens with one attached hydrogen (secondary N) is 2. The van der Waals surface area contributed by atoms with Crippen LogP contribution in [0.1, 0.15) is 23.2 Å². The van der Waals surface area contributed by atoms with Gasteiger partial charge in [0.15, 0.2) is 0 Å². The molecule has 0 bridgehead atoms. The van der Waals surface area contributed by atoms with E-state index >= 15 is 0 Å². The quantitative estimate of drug-likeness (QED) is 0.486. The number of carbonyl (C=O) groups is 3. The van der Waals surface area contributed by atoms with Crippen molar-refractivity contribution in [1.29, 1.82) is 0 Å². The molecule has 1 unspecified atom stereocenters. The van der Waals surface area contributed by atoms with Crippen molar-refractivity contribution in [1.82, 2.24) is 10.6 Å². The van der Waals surface area contributed by atoms with Gasteiger partial charge in [0.25, 0.3) is 11.6 Å². The Morgan fingerprint density at radius 1 is 1.43 bits per heavy atom. The first-order valence-corrected chi connectivity index (χ1v) is 6.35. The van der Waals surface area contributed by atoms with Crippen LogP contribution >= 0.6 is 11.6 Å². The van der Waals surface area contributed by atoms with Crippen molar-refractivity contribution in [3.05, 3.63) is 38.9 Å². The van der Waals surface area contributed by atoms with E-state index in [9.17, 15) is 24.5 Å². The highest BCUT2D eigenvalue weighted by Gasteiger charge is 2.29.